The number of allylic oxidation sites excluding steroid dienone is 2. The first kappa shape index (κ1) is 20.0. The first-order valence-electron chi connectivity index (χ1n) is 7.36. The van der Waals surface area contributed by atoms with Crippen LogP contribution in [0.4, 0.5) is 0 Å². The molecule has 0 aliphatic carbocycles. The number of aliphatic hydroxyl groups excluding tert-OH is 1. The third-order valence-electron chi connectivity index (χ3n) is 3.21. The molecule has 3 atom stereocenters. The van der Waals surface area contributed by atoms with Crippen LogP contribution in [0.25, 0.3) is 0 Å². The molecule has 0 aromatic heterocycles. The number of nitrogens with two attached hydrogens (primary N) is 1. The molecule has 0 spiro atoms. The maximum Gasteiger partial charge on any atom is 0.329 e. The fraction of sp³-hybridized carbons (Fsp3) is 0.643. The molecule has 0 bridgehead atoms. The summed E-state index contributed by atoms with van der Waals surface area (Å²) in [5.41, 5.74) is 5.66. The number of carbonyl (C=O) groups excluding carboxylic acids is 1. The van der Waals surface area contributed by atoms with E-state index < -0.39 is 26.8 Å². The fourth-order valence-electron chi connectivity index (χ4n) is 1.89. The van der Waals surface area contributed by atoms with Crippen molar-refractivity contribution in [2.45, 2.75) is 32.1 Å². The van der Waals surface area contributed by atoms with Crippen LogP contribution in [0.2, 0.25) is 0 Å². The topological polar surface area (TPSA) is 114 Å². The van der Waals surface area contributed by atoms with Crippen LogP contribution in [-0.4, -0.2) is 60.0 Å². The predicted octanol–water partition coefficient (Wildman–Crippen LogP) is 0.613. The predicted molar refractivity (Wildman–Crippen MR) is 85.9 cm³/mol. The standard InChI is InChI=1S/C14H25N2O6P/c1-3-7-21-23(19)22-10-12(20-2)8-13(17)16-6-4-5-11(9-16)14(15)18/h4-6,12-13,17,19H,3,7-10H2,1-2H3,(H2,15,18). The highest BCUT2D eigenvalue weighted by molar-refractivity contribution is 7.40. The SMILES string of the molecule is CCCOP(O)OCC(CC(O)N1C=CC=C(C(N)=O)C1)OC. The van der Waals surface area contributed by atoms with Crippen LogP contribution < -0.4 is 5.73 Å². The molecule has 132 valence electrons. The van der Waals surface area contributed by atoms with Gasteiger partial charge in [0.2, 0.25) is 5.91 Å². The Morgan fingerprint density at radius 3 is 2.87 bits per heavy atom. The van der Waals surface area contributed by atoms with Gasteiger partial charge in [0.05, 0.1) is 25.9 Å². The van der Waals surface area contributed by atoms with Crippen LogP contribution in [-0.2, 0) is 18.6 Å². The molecule has 9 heteroatoms. The summed E-state index contributed by atoms with van der Waals surface area (Å²) in [5, 5.41) is 10.3. The maximum absolute atomic E-state index is 11.2. The zero-order valence-corrected chi connectivity index (χ0v) is 14.3. The van der Waals surface area contributed by atoms with Crippen LogP contribution >= 0.6 is 8.60 Å². The summed E-state index contributed by atoms with van der Waals surface area (Å²) >= 11 is 0. The molecular formula is C14H25N2O6P. The highest BCUT2D eigenvalue weighted by Crippen LogP contribution is 2.33. The highest BCUT2D eigenvalue weighted by atomic mass is 31.2. The Morgan fingerprint density at radius 1 is 1.52 bits per heavy atom. The lowest BCUT2D eigenvalue weighted by atomic mass is 10.1. The third kappa shape index (κ3) is 7.39. The van der Waals surface area contributed by atoms with Crippen LogP contribution in [0.5, 0.6) is 0 Å². The average molecular weight is 348 g/mol. The summed E-state index contributed by atoms with van der Waals surface area (Å²) in [6.07, 6.45) is 4.67. The van der Waals surface area contributed by atoms with E-state index in [2.05, 4.69) is 0 Å². The molecule has 0 radical (unpaired) electrons. The minimum absolute atomic E-state index is 0.0928. The molecule has 1 aliphatic rings. The van der Waals surface area contributed by atoms with E-state index in [9.17, 15) is 14.8 Å². The second-order valence-corrected chi connectivity index (χ2v) is 6.00. The normalized spacial score (nSPS) is 18.4. The van der Waals surface area contributed by atoms with Gasteiger partial charge in [-0.05, 0) is 12.5 Å². The Balaban J connectivity index is 2.41. The van der Waals surface area contributed by atoms with Crippen molar-refractivity contribution < 1.29 is 28.6 Å². The van der Waals surface area contributed by atoms with Crippen molar-refractivity contribution in [3.8, 4) is 0 Å². The first-order valence-corrected chi connectivity index (χ1v) is 8.49. The van der Waals surface area contributed by atoms with Gasteiger partial charge in [-0.25, -0.2) is 0 Å². The number of methoxy groups -OCH3 is 1. The van der Waals surface area contributed by atoms with Gasteiger partial charge < -0.3 is 34.4 Å². The number of carbonyl (C=O) groups is 1. The number of hydrogen-bond acceptors (Lipinski definition) is 7. The van der Waals surface area contributed by atoms with Crippen molar-refractivity contribution in [1.29, 1.82) is 0 Å². The van der Waals surface area contributed by atoms with E-state index in [1.807, 2.05) is 6.92 Å². The van der Waals surface area contributed by atoms with E-state index in [0.717, 1.165) is 6.42 Å². The van der Waals surface area contributed by atoms with Crippen molar-refractivity contribution >= 4 is 14.5 Å². The molecule has 0 saturated heterocycles. The summed E-state index contributed by atoms with van der Waals surface area (Å²) in [6.45, 7) is 2.67. The lowest BCUT2D eigenvalue weighted by Crippen LogP contribution is -2.39. The van der Waals surface area contributed by atoms with Crippen molar-refractivity contribution in [3.63, 3.8) is 0 Å². The second kappa shape index (κ2) is 10.7. The molecule has 23 heavy (non-hydrogen) atoms. The Morgan fingerprint density at radius 2 is 2.26 bits per heavy atom. The Kier molecular flexibility index (Phi) is 9.31. The fourth-order valence-corrected chi connectivity index (χ4v) is 2.60. The molecule has 0 fully saturated rings. The van der Waals surface area contributed by atoms with Crippen LogP contribution in [0.1, 0.15) is 19.8 Å². The number of nitrogens with zero attached hydrogens (tertiary/aromatic N) is 1. The molecule has 4 N–H and O–H groups in total. The minimum atomic E-state index is -1.94. The summed E-state index contributed by atoms with van der Waals surface area (Å²) < 4.78 is 15.5. The lowest BCUT2D eigenvalue weighted by molar-refractivity contribution is -0.115. The van der Waals surface area contributed by atoms with Gasteiger partial charge >= 0.3 is 8.60 Å². The molecule has 1 amide bonds. The van der Waals surface area contributed by atoms with Gasteiger partial charge in [-0.3, -0.25) is 4.79 Å². The number of amides is 1. The molecule has 1 heterocycles. The number of primary amides is 1. The van der Waals surface area contributed by atoms with Gasteiger partial charge in [0.15, 0.2) is 0 Å². The zero-order valence-electron chi connectivity index (χ0n) is 13.4. The van der Waals surface area contributed by atoms with Gasteiger partial charge in [-0.15, -0.1) is 0 Å². The van der Waals surface area contributed by atoms with Crippen molar-refractivity contribution in [3.05, 3.63) is 23.9 Å². The van der Waals surface area contributed by atoms with Gasteiger partial charge in [-0.2, -0.15) is 0 Å². The summed E-state index contributed by atoms with van der Waals surface area (Å²) in [6, 6.07) is 0. The number of aliphatic hydroxyl groups is 1. The van der Waals surface area contributed by atoms with Gasteiger partial charge in [0, 0.05) is 25.3 Å². The molecule has 1 aliphatic heterocycles. The molecule has 3 unspecified atom stereocenters. The molecular weight excluding hydrogens is 323 g/mol. The monoisotopic (exact) mass is 348 g/mol. The van der Waals surface area contributed by atoms with E-state index in [-0.39, 0.29) is 19.6 Å². The average Bonchev–Trinajstić information content (AvgIpc) is 2.56. The van der Waals surface area contributed by atoms with Crippen molar-refractivity contribution in [2.75, 3.05) is 26.9 Å². The van der Waals surface area contributed by atoms with E-state index in [0.29, 0.717) is 12.2 Å². The second-order valence-electron chi connectivity index (χ2n) is 5.01. The number of ether oxygens (including phenoxy) is 1. The third-order valence-corrected chi connectivity index (χ3v) is 3.98. The van der Waals surface area contributed by atoms with E-state index >= 15 is 0 Å². The van der Waals surface area contributed by atoms with Gasteiger partial charge in [-0.1, -0.05) is 13.0 Å². The smallest absolute Gasteiger partial charge is 0.329 e. The Hall–Kier alpha value is -1.02. The maximum atomic E-state index is 11.2. The molecule has 0 aromatic carbocycles. The summed E-state index contributed by atoms with van der Waals surface area (Å²) in [5.74, 6) is -0.517. The summed E-state index contributed by atoms with van der Waals surface area (Å²) in [7, 11) is -0.445. The Labute approximate surface area is 137 Å². The van der Waals surface area contributed by atoms with E-state index in [1.54, 1.807) is 23.3 Å². The first-order chi connectivity index (χ1) is 11.0. The molecule has 1 rings (SSSR count). The van der Waals surface area contributed by atoms with E-state index in [1.165, 1.54) is 7.11 Å². The van der Waals surface area contributed by atoms with Crippen molar-refractivity contribution in [2.24, 2.45) is 5.73 Å². The molecule has 0 aromatic rings. The van der Waals surface area contributed by atoms with Crippen LogP contribution in [0.3, 0.4) is 0 Å². The van der Waals surface area contributed by atoms with E-state index in [4.69, 9.17) is 19.5 Å². The lowest BCUT2D eigenvalue weighted by Gasteiger charge is -2.30. The highest BCUT2D eigenvalue weighted by Gasteiger charge is 2.23. The largest absolute Gasteiger partial charge is 0.379 e. The van der Waals surface area contributed by atoms with Crippen molar-refractivity contribution in [1.82, 2.24) is 4.90 Å². The quantitative estimate of drug-likeness (QED) is 0.469. The number of hydrogen-bond donors (Lipinski definition) is 3. The van der Waals surface area contributed by atoms with Crippen LogP contribution in [0.15, 0.2) is 23.9 Å². The Bertz CT molecular complexity index is 431. The summed E-state index contributed by atoms with van der Waals surface area (Å²) in [4.78, 5) is 22.3. The van der Waals surface area contributed by atoms with Crippen LogP contribution in [0, 0.1) is 0 Å². The molecule has 0 saturated carbocycles. The van der Waals surface area contributed by atoms with Gasteiger partial charge in [0.25, 0.3) is 0 Å². The minimum Gasteiger partial charge on any atom is -0.379 e. The molecule has 8 nitrogen and oxygen atoms in total. The zero-order chi connectivity index (χ0) is 17.2. The van der Waals surface area contributed by atoms with Gasteiger partial charge in [0.1, 0.15) is 6.23 Å². The number of rotatable bonds is 11.